The molecule has 0 radical (unpaired) electrons. The maximum atomic E-state index is 12.2. The first-order chi connectivity index (χ1) is 35.1. The highest BCUT2D eigenvalue weighted by atomic mass is 16.5. The Kier molecular flexibility index (Phi) is 11.6. The molecule has 2 aliphatic rings. The second kappa shape index (κ2) is 18.9. The molecule has 0 saturated carbocycles. The fourth-order valence-electron chi connectivity index (χ4n) is 10.2. The van der Waals surface area contributed by atoms with Crippen molar-refractivity contribution in [2.75, 3.05) is 13.2 Å². The van der Waals surface area contributed by atoms with Crippen LogP contribution in [0.4, 0.5) is 0 Å². The van der Waals surface area contributed by atoms with Crippen LogP contribution in [0.3, 0.4) is 0 Å². The van der Waals surface area contributed by atoms with Crippen molar-refractivity contribution in [3.05, 3.63) is 199 Å². The number of aromatic nitrogens is 4. The minimum Gasteiger partial charge on any atom is -0.494 e. The van der Waals surface area contributed by atoms with Crippen molar-refractivity contribution >= 4 is 84.7 Å². The van der Waals surface area contributed by atoms with Gasteiger partial charge in [0.15, 0.2) is 0 Å². The summed E-state index contributed by atoms with van der Waals surface area (Å²) in [6, 6.07) is 62.1. The van der Waals surface area contributed by atoms with E-state index in [4.69, 9.17) is 19.4 Å². The zero-order chi connectivity index (χ0) is 47.7. The van der Waals surface area contributed by atoms with Crippen molar-refractivity contribution in [3.8, 4) is 50.3 Å². The van der Waals surface area contributed by atoms with Crippen molar-refractivity contribution in [1.29, 1.82) is 0 Å². The lowest BCUT2D eigenvalue weighted by Crippen LogP contribution is -2.08. The summed E-state index contributed by atoms with van der Waals surface area (Å²) in [4.78, 5) is 31.3. The van der Waals surface area contributed by atoms with Gasteiger partial charge in [-0.05, 0) is 128 Å². The molecule has 8 bridgehead atoms. The third kappa shape index (κ3) is 8.35. The lowest BCUT2D eigenvalue weighted by molar-refractivity contribution is -0.144. The van der Waals surface area contributed by atoms with E-state index >= 15 is 0 Å². The predicted octanol–water partition coefficient (Wildman–Crippen LogP) is 16.3. The topological polar surface area (TPSA) is 92.9 Å². The molecule has 12 rings (SSSR count). The quantitative estimate of drug-likeness (QED) is 0.0940. The third-order valence-electron chi connectivity index (χ3n) is 13.6. The smallest absolute Gasteiger partial charge is 0.305 e. The Balaban J connectivity index is 1.13. The van der Waals surface area contributed by atoms with E-state index in [2.05, 4.69) is 205 Å². The first kappa shape index (κ1) is 43.5. The number of carbonyl (C=O) groups excluding carboxylic acids is 1. The Morgan fingerprint density at radius 2 is 0.845 bits per heavy atom. The van der Waals surface area contributed by atoms with Crippen molar-refractivity contribution < 1.29 is 14.3 Å². The molecule has 0 saturated heterocycles. The van der Waals surface area contributed by atoms with Crippen LogP contribution in [0, 0.1) is 0 Å². The predicted molar refractivity (Wildman–Crippen MR) is 294 cm³/mol. The number of aromatic amines is 2. The minimum absolute atomic E-state index is 0.183. The molecule has 2 N–H and O–H groups in total. The van der Waals surface area contributed by atoms with Gasteiger partial charge in [-0.25, -0.2) is 9.97 Å². The van der Waals surface area contributed by atoms with Gasteiger partial charge in [-0.2, -0.15) is 0 Å². The molecule has 344 valence electrons. The van der Waals surface area contributed by atoms with Crippen LogP contribution >= 0.6 is 0 Å². The molecule has 0 unspecified atom stereocenters. The molecule has 0 spiro atoms. The molecular weight excluding hydrogens is 873 g/mol. The summed E-state index contributed by atoms with van der Waals surface area (Å²) in [6.07, 6.45) is 11.4. The van der Waals surface area contributed by atoms with E-state index in [0.29, 0.717) is 26.1 Å². The normalized spacial score (nSPS) is 12.0. The summed E-state index contributed by atoms with van der Waals surface area (Å²) in [5.41, 5.74) is 15.3. The number of fused-ring (bicyclic) bond motifs is 11. The van der Waals surface area contributed by atoms with Gasteiger partial charge in [0.2, 0.25) is 0 Å². The second-order valence-electron chi connectivity index (χ2n) is 18.1. The maximum Gasteiger partial charge on any atom is 0.305 e. The summed E-state index contributed by atoms with van der Waals surface area (Å²) < 4.78 is 11.5. The van der Waals surface area contributed by atoms with Crippen molar-refractivity contribution in [2.24, 2.45) is 0 Å². The second-order valence-corrected chi connectivity index (χ2v) is 18.1. The van der Waals surface area contributed by atoms with E-state index in [9.17, 15) is 4.79 Å². The summed E-state index contributed by atoms with van der Waals surface area (Å²) in [5.74, 6) is 0.543. The molecule has 7 aromatic carbocycles. The fraction of sp³-hybridized carbons (Fsp3) is 0.109. The zero-order valence-electron chi connectivity index (χ0n) is 39.4. The maximum absolute atomic E-state index is 12.2. The number of benzene rings is 7. The van der Waals surface area contributed by atoms with Crippen LogP contribution in [0.1, 0.15) is 55.4 Å². The van der Waals surface area contributed by atoms with Gasteiger partial charge in [0.05, 0.1) is 36.0 Å². The molecule has 0 aliphatic carbocycles. The number of hydrogen-bond donors (Lipinski definition) is 2. The Bertz CT molecular complexity index is 3840. The van der Waals surface area contributed by atoms with E-state index in [-0.39, 0.29) is 5.97 Å². The number of unbranched alkanes of at least 4 members (excludes halogenated alkanes) is 1. The van der Waals surface area contributed by atoms with E-state index < -0.39 is 0 Å². The third-order valence-corrected chi connectivity index (χ3v) is 13.6. The molecule has 3 aromatic heterocycles. The van der Waals surface area contributed by atoms with Gasteiger partial charge in [0.1, 0.15) is 5.75 Å². The van der Waals surface area contributed by atoms with Gasteiger partial charge in [-0.3, -0.25) is 4.79 Å². The van der Waals surface area contributed by atoms with Crippen molar-refractivity contribution in [3.63, 3.8) is 0 Å². The molecule has 10 aromatic rings. The van der Waals surface area contributed by atoms with E-state index in [1.165, 1.54) is 0 Å². The molecule has 0 fully saturated rings. The highest BCUT2D eigenvalue weighted by Gasteiger charge is 2.21. The van der Waals surface area contributed by atoms with Gasteiger partial charge in [-0.15, -0.1) is 0 Å². The molecule has 7 nitrogen and oxygen atoms in total. The summed E-state index contributed by atoms with van der Waals surface area (Å²) in [6.45, 7) is 2.96. The van der Waals surface area contributed by atoms with Crippen LogP contribution in [0.5, 0.6) is 5.75 Å². The van der Waals surface area contributed by atoms with Gasteiger partial charge in [-0.1, -0.05) is 153 Å². The van der Waals surface area contributed by atoms with Crippen LogP contribution in [-0.2, 0) is 9.53 Å². The van der Waals surface area contributed by atoms with Crippen LogP contribution < -0.4 is 4.74 Å². The summed E-state index contributed by atoms with van der Waals surface area (Å²) >= 11 is 0. The van der Waals surface area contributed by atoms with Crippen molar-refractivity contribution in [2.45, 2.75) is 32.6 Å². The number of carbonyl (C=O) groups is 1. The average Bonchev–Trinajstić information content (AvgIpc) is 4.27. The van der Waals surface area contributed by atoms with E-state index in [1.54, 1.807) is 0 Å². The fourth-order valence-corrected chi connectivity index (χ4v) is 10.2. The van der Waals surface area contributed by atoms with Gasteiger partial charge in [0.25, 0.3) is 0 Å². The Morgan fingerprint density at radius 3 is 1.30 bits per heavy atom. The molecule has 2 aliphatic heterocycles. The SMILES string of the molecule is CCCCOC(=O)CCCOc1ccc(-c2c3nc(c(-c4cccc5ccccc45)c4ccc([nH]4)c(-c4cccc5ccccc45)c4nc(c(-c5cccc6ccccc56)c5ccc2[nH]5)C=C4)C=C3)cc1. The highest BCUT2D eigenvalue weighted by Crippen LogP contribution is 2.42. The average molecular weight is 923 g/mol. The number of nitrogens with one attached hydrogen (secondary N) is 2. The summed E-state index contributed by atoms with van der Waals surface area (Å²) in [5, 5.41) is 6.89. The number of ether oxygens (including phenoxy) is 2. The van der Waals surface area contributed by atoms with Gasteiger partial charge in [0, 0.05) is 50.7 Å². The molecule has 0 atom stereocenters. The Morgan fingerprint density at radius 1 is 0.437 bits per heavy atom. The van der Waals surface area contributed by atoms with Crippen LogP contribution in [0.15, 0.2) is 176 Å². The zero-order valence-corrected chi connectivity index (χ0v) is 39.4. The number of H-pyrrole nitrogens is 2. The standard InChI is InChI=1S/C64H50N4O3/c1-2-3-39-71-60(69)26-13-40-70-45-29-27-44(28-30-45)61-52-31-33-54(65-52)62(49-23-10-17-41-14-4-7-20-46(41)49)56-35-37-58(67-56)64(51-25-12-19-43-16-6-9-22-48(43)51)59-38-36-57(68-59)63(55-34-32-53(61)66-55)50-24-11-18-42-15-5-8-21-47(42)50/h4-12,14-25,27-38,65,68H,2-3,13,26,39-40H2,1H3. The van der Waals surface area contributed by atoms with E-state index in [1.807, 2.05) is 12.1 Å². The molecule has 5 heterocycles. The Hall–Kier alpha value is -8.81. The number of rotatable bonds is 12. The molecule has 0 amide bonds. The lowest BCUT2D eigenvalue weighted by Gasteiger charge is -2.11. The highest BCUT2D eigenvalue weighted by molar-refractivity contribution is 6.09. The van der Waals surface area contributed by atoms with Gasteiger partial charge >= 0.3 is 5.97 Å². The lowest BCUT2D eigenvalue weighted by atomic mass is 9.97. The monoisotopic (exact) mass is 922 g/mol. The number of esters is 1. The number of hydrogen-bond acceptors (Lipinski definition) is 5. The summed E-state index contributed by atoms with van der Waals surface area (Å²) in [7, 11) is 0. The largest absolute Gasteiger partial charge is 0.494 e. The molecule has 7 heteroatoms. The van der Waals surface area contributed by atoms with Crippen LogP contribution in [0.2, 0.25) is 0 Å². The molecule has 71 heavy (non-hydrogen) atoms. The first-order valence-electron chi connectivity index (χ1n) is 24.6. The van der Waals surface area contributed by atoms with Crippen LogP contribution in [0.25, 0.3) is 123 Å². The number of nitrogens with zero attached hydrogens (tertiary/aromatic N) is 2. The Labute approximate surface area is 411 Å². The van der Waals surface area contributed by atoms with E-state index in [0.717, 1.165) is 140 Å². The van der Waals surface area contributed by atoms with Crippen LogP contribution in [-0.4, -0.2) is 39.1 Å². The molecular formula is C64H50N4O3. The van der Waals surface area contributed by atoms with Gasteiger partial charge < -0.3 is 19.4 Å². The first-order valence-corrected chi connectivity index (χ1v) is 24.6. The van der Waals surface area contributed by atoms with Crippen molar-refractivity contribution in [1.82, 2.24) is 19.9 Å². The minimum atomic E-state index is -0.183.